The Morgan fingerprint density at radius 1 is 1.43 bits per heavy atom. The molecular formula is C11H20N2S. The van der Waals surface area contributed by atoms with Gasteiger partial charge >= 0.3 is 0 Å². The van der Waals surface area contributed by atoms with Crippen LogP contribution in [-0.2, 0) is 0 Å². The standard InChI is InChI=1S/C11H20N2S/c12-7-11-3-1-2-9(11)4-13(8-11)10-5-14-6-10/h9-10H,1-8,12H2/t9-,11-/m0/s1. The summed E-state index contributed by atoms with van der Waals surface area (Å²) in [7, 11) is 0. The van der Waals surface area contributed by atoms with Crippen LogP contribution in [-0.4, -0.2) is 42.1 Å². The van der Waals surface area contributed by atoms with Crippen LogP contribution in [0.5, 0.6) is 0 Å². The summed E-state index contributed by atoms with van der Waals surface area (Å²) in [6.07, 6.45) is 4.26. The highest BCUT2D eigenvalue weighted by Gasteiger charge is 2.50. The highest BCUT2D eigenvalue weighted by molar-refractivity contribution is 8.00. The van der Waals surface area contributed by atoms with Crippen molar-refractivity contribution in [3.63, 3.8) is 0 Å². The lowest BCUT2D eigenvalue weighted by molar-refractivity contribution is 0.220. The zero-order chi connectivity index (χ0) is 9.60. The summed E-state index contributed by atoms with van der Waals surface area (Å²) in [6, 6.07) is 0.897. The maximum atomic E-state index is 6.00. The van der Waals surface area contributed by atoms with E-state index in [0.717, 1.165) is 18.5 Å². The second-order valence-corrected chi connectivity index (χ2v) is 6.35. The molecule has 0 spiro atoms. The summed E-state index contributed by atoms with van der Waals surface area (Å²) >= 11 is 2.09. The minimum Gasteiger partial charge on any atom is -0.330 e. The van der Waals surface area contributed by atoms with E-state index in [0.29, 0.717) is 5.41 Å². The van der Waals surface area contributed by atoms with Gasteiger partial charge in [-0.2, -0.15) is 11.8 Å². The van der Waals surface area contributed by atoms with Gasteiger partial charge in [-0.1, -0.05) is 6.42 Å². The van der Waals surface area contributed by atoms with Crippen molar-refractivity contribution in [2.24, 2.45) is 17.1 Å². The Morgan fingerprint density at radius 3 is 2.86 bits per heavy atom. The fraction of sp³-hybridized carbons (Fsp3) is 1.00. The molecule has 2 saturated heterocycles. The van der Waals surface area contributed by atoms with Gasteiger partial charge in [0.15, 0.2) is 0 Å². The molecule has 2 atom stereocenters. The first kappa shape index (κ1) is 9.49. The molecule has 3 fully saturated rings. The Labute approximate surface area is 90.6 Å². The molecule has 0 aromatic carbocycles. The van der Waals surface area contributed by atoms with Crippen LogP contribution < -0.4 is 5.73 Å². The second kappa shape index (κ2) is 3.39. The largest absolute Gasteiger partial charge is 0.330 e. The van der Waals surface area contributed by atoms with Crippen molar-refractivity contribution in [3.8, 4) is 0 Å². The summed E-state index contributed by atoms with van der Waals surface area (Å²) in [4.78, 5) is 2.73. The van der Waals surface area contributed by atoms with E-state index in [1.54, 1.807) is 0 Å². The number of rotatable bonds is 2. The summed E-state index contributed by atoms with van der Waals surface area (Å²) in [6.45, 7) is 3.58. The minimum atomic E-state index is 0.528. The Hall–Kier alpha value is 0.270. The fourth-order valence-corrected chi connectivity index (χ4v) is 4.37. The first-order chi connectivity index (χ1) is 6.84. The number of hydrogen-bond donors (Lipinski definition) is 1. The molecule has 14 heavy (non-hydrogen) atoms. The topological polar surface area (TPSA) is 29.3 Å². The molecule has 0 radical (unpaired) electrons. The van der Waals surface area contributed by atoms with E-state index in [1.807, 2.05) is 0 Å². The fourth-order valence-electron chi connectivity index (χ4n) is 3.50. The average molecular weight is 212 g/mol. The van der Waals surface area contributed by atoms with Gasteiger partial charge < -0.3 is 5.73 Å². The van der Waals surface area contributed by atoms with Crippen molar-refractivity contribution < 1.29 is 0 Å². The molecular weight excluding hydrogens is 192 g/mol. The third-order valence-corrected chi connectivity index (χ3v) is 5.85. The van der Waals surface area contributed by atoms with Gasteiger partial charge in [0, 0.05) is 30.6 Å². The van der Waals surface area contributed by atoms with Crippen LogP contribution in [0, 0.1) is 11.3 Å². The van der Waals surface area contributed by atoms with Crippen molar-refractivity contribution >= 4 is 11.8 Å². The predicted octanol–water partition coefficient (Wildman–Crippen LogP) is 1.16. The smallest absolute Gasteiger partial charge is 0.0277 e. The summed E-state index contributed by atoms with van der Waals surface area (Å²) in [5.41, 5.74) is 6.53. The first-order valence-electron chi connectivity index (χ1n) is 5.86. The zero-order valence-corrected chi connectivity index (χ0v) is 9.56. The molecule has 0 aromatic rings. The van der Waals surface area contributed by atoms with Gasteiger partial charge in [-0.05, 0) is 30.7 Å². The summed E-state index contributed by atoms with van der Waals surface area (Å²) in [5, 5.41) is 0. The first-order valence-corrected chi connectivity index (χ1v) is 7.01. The van der Waals surface area contributed by atoms with Crippen molar-refractivity contribution in [2.45, 2.75) is 25.3 Å². The number of fused-ring (bicyclic) bond motifs is 1. The monoisotopic (exact) mass is 212 g/mol. The Kier molecular flexibility index (Phi) is 2.30. The molecule has 2 nitrogen and oxygen atoms in total. The van der Waals surface area contributed by atoms with E-state index in [9.17, 15) is 0 Å². The molecule has 2 aliphatic heterocycles. The van der Waals surface area contributed by atoms with Crippen LogP contribution in [0.15, 0.2) is 0 Å². The highest BCUT2D eigenvalue weighted by atomic mass is 32.2. The molecule has 3 heteroatoms. The van der Waals surface area contributed by atoms with Gasteiger partial charge in [-0.25, -0.2) is 0 Å². The molecule has 0 bridgehead atoms. The van der Waals surface area contributed by atoms with Gasteiger partial charge in [-0.15, -0.1) is 0 Å². The van der Waals surface area contributed by atoms with Crippen LogP contribution in [0.1, 0.15) is 19.3 Å². The van der Waals surface area contributed by atoms with E-state index < -0.39 is 0 Å². The van der Waals surface area contributed by atoms with E-state index in [-0.39, 0.29) is 0 Å². The molecule has 0 aromatic heterocycles. The van der Waals surface area contributed by atoms with Crippen molar-refractivity contribution in [1.82, 2.24) is 4.90 Å². The quantitative estimate of drug-likeness (QED) is 0.745. The van der Waals surface area contributed by atoms with Crippen LogP contribution in [0.4, 0.5) is 0 Å². The van der Waals surface area contributed by atoms with Crippen molar-refractivity contribution in [1.29, 1.82) is 0 Å². The maximum Gasteiger partial charge on any atom is 0.0277 e. The lowest BCUT2D eigenvalue weighted by atomic mass is 9.81. The molecule has 0 amide bonds. The number of nitrogens with two attached hydrogens (primary N) is 1. The van der Waals surface area contributed by atoms with Crippen molar-refractivity contribution in [2.75, 3.05) is 31.1 Å². The molecule has 3 rings (SSSR count). The third kappa shape index (κ3) is 1.25. The zero-order valence-electron chi connectivity index (χ0n) is 8.74. The summed E-state index contributed by atoms with van der Waals surface area (Å²) in [5.74, 6) is 3.67. The number of hydrogen-bond acceptors (Lipinski definition) is 3. The predicted molar refractivity (Wildman–Crippen MR) is 61.5 cm³/mol. The lowest BCUT2D eigenvalue weighted by Crippen LogP contribution is -2.45. The highest BCUT2D eigenvalue weighted by Crippen LogP contribution is 2.49. The second-order valence-electron chi connectivity index (χ2n) is 5.28. The molecule has 1 saturated carbocycles. The Balaban J connectivity index is 1.72. The number of nitrogens with zero attached hydrogens (tertiary/aromatic N) is 1. The Bertz CT molecular complexity index is 229. The van der Waals surface area contributed by atoms with E-state index in [4.69, 9.17) is 5.73 Å². The van der Waals surface area contributed by atoms with Gasteiger partial charge in [0.25, 0.3) is 0 Å². The van der Waals surface area contributed by atoms with Crippen LogP contribution in [0.2, 0.25) is 0 Å². The van der Waals surface area contributed by atoms with E-state index in [1.165, 1.54) is 43.9 Å². The van der Waals surface area contributed by atoms with E-state index in [2.05, 4.69) is 16.7 Å². The lowest BCUT2D eigenvalue weighted by Gasteiger charge is -2.35. The van der Waals surface area contributed by atoms with Gasteiger partial charge in [-0.3, -0.25) is 4.90 Å². The third-order valence-electron chi connectivity index (χ3n) is 4.61. The van der Waals surface area contributed by atoms with Crippen LogP contribution in [0.3, 0.4) is 0 Å². The Morgan fingerprint density at radius 2 is 2.29 bits per heavy atom. The van der Waals surface area contributed by atoms with Crippen LogP contribution in [0.25, 0.3) is 0 Å². The molecule has 2 N–H and O–H groups in total. The molecule has 0 unspecified atom stereocenters. The molecule has 80 valence electrons. The number of thioether (sulfide) groups is 1. The van der Waals surface area contributed by atoms with Gasteiger partial charge in [0.1, 0.15) is 0 Å². The molecule has 1 aliphatic carbocycles. The van der Waals surface area contributed by atoms with E-state index >= 15 is 0 Å². The SMILES string of the molecule is NC[C@]12CCC[C@H]1CN(C1CSC1)C2. The normalized spacial score (nSPS) is 43.9. The maximum absolute atomic E-state index is 6.00. The molecule has 2 heterocycles. The van der Waals surface area contributed by atoms with Crippen molar-refractivity contribution in [3.05, 3.63) is 0 Å². The van der Waals surface area contributed by atoms with Gasteiger partial charge in [0.05, 0.1) is 0 Å². The van der Waals surface area contributed by atoms with Crippen LogP contribution >= 0.6 is 11.8 Å². The van der Waals surface area contributed by atoms with Gasteiger partial charge in [0.2, 0.25) is 0 Å². The minimum absolute atomic E-state index is 0.528. The number of likely N-dealkylation sites (tertiary alicyclic amines) is 1. The average Bonchev–Trinajstić information content (AvgIpc) is 2.57. The molecule has 3 aliphatic rings. The summed E-state index contributed by atoms with van der Waals surface area (Å²) < 4.78 is 0.